The topological polar surface area (TPSA) is 24.9 Å². The summed E-state index contributed by atoms with van der Waals surface area (Å²) in [5.41, 5.74) is 1.20. The van der Waals surface area contributed by atoms with E-state index >= 15 is 0 Å². The molecule has 1 aliphatic carbocycles. The first kappa shape index (κ1) is 13.0. The fraction of sp³-hybridized carbons (Fsp3) is 0.786. The van der Waals surface area contributed by atoms with Gasteiger partial charge in [0.1, 0.15) is 5.01 Å². The van der Waals surface area contributed by atoms with Crippen LogP contribution in [-0.2, 0) is 0 Å². The second-order valence-corrected chi connectivity index (χ2v) is 6.71. The molecule has 2 nitrogen and oxygen atoms in total. The van der Waals surface area contributed by atoms with Gasteiger partial charge in [-0.2, -0.15) is 0 Å². The normalized spacial score (nSPS) is 27.1. The minimum atomic E-state index is 0.472. The number of hydrogen-bond acceptors (Lipinski definition) is 3. The molecular formula is C14H24N2S. The van der Waals surface area contributed by atoms with Crippen LogP contribution in [0.3, 0.4) is 0 Å². The summed E-state index contributed by atoms with van der Waals surface area (Å²) in [4.78, 5) is 6.10. The summed E-state index contributed by atoms with van der Waals surface area (Å²) in [5, 5.41) is 4.78. The third-order valence-corrected chi connectivity index (χ3v) is 5.31. The molecule has 1 unspecified atom stereocenters. The zero-order valence-electron chi connectivity index (χ0n) is 11.4. The van der Waals surface area contributed by atoms with Gasteiger partial charge in [-0.3, -0.25) is 0 Å². The highest BCUT2D eigenvalue weighted by atomic mass is 32.1. The largest absolute Gasteiger partial charge is 0.311 e. The zero-order chi connectivity index (χ0) is 12.4. The van der Waals surface area contributed by atoms with Crippen LogP contribution >= 0.6 is 11.3 Å². The second kappa shape index (κ2) is 5.49. The Morgan fingerprint density at radius 3 is 2.35 bits per heavy atom. The van der Waals surface area contributed by atoms with E-state index in [1.807, 2.05) is 11.3 Å². The van der Waals surface area contributed by atoms with Crippen LogP contribution in [0.5, 0.6) is 0 Å². The van der Waals surface area contributed by atoms with Crippen molar-refractivity contribution in [1.29, 1.82) is 0 Å². The second-order valence-electron chi connectivity index (χ2n) is 5.48. The van der Waals surface area contributed by atoms with E-state index in [2.05, 4.69) is 33.1 Å². The van der Waals surface area contributed by atoms with Gasteiger partial charge >= 0.3 is 0 Å². The van der Waals surface area contributed by atoms with Crippen LogP contribution in [0.4, 0.5) is 0 Å². The summed E-state index contributed by atoms with van der Waals surface area (Å²) in [5.74, 6) is 1.70. The van der Waals surface area contributed by atoms with Crippen molar-refractivity contribution in [2.75, 3.05) is 7.05 Å². The van der Waals surface area contributed by atoms with Crippen molar-refractivity contribution in [3.05, 3.63) is 15.6 Å². The average Bonchev–Trinajstić information content (AvgIpc) is 2.63. The maximum absolute atomic E-state index is 4.73. The van der Waals surface area contributed by atoms with Crippen molar-refractivity contribution in [2.24, 2.45) is 11.8 Å². The first-order valence-electron chi connectivity index (χ1n) is 6.73. The summed E-state index contributed by atoms with van der Waals surface area (Å²) in [6.07, 6.45) is 5.47. The number of aromatic nitrogens is 1. The molecule has 1 aromatic heterocycles. The number of nitrogens with one attached hydrogen (secondary N) is 1. The number of nitrogens with zero attached hydrogens (tertiary/aromatic N) is 1. The lowest BCUT2D eigenvalue weighted by atomic mass is 9.79. The van der Waals surface area contributed by atoms with Gasteiger partial charge in [0.25, 0.3) is 0 Å². The number of rotatable bonds is 3. The van der Waals surface area contributed by atoms with Crippen LogP contribution in [0.2, 0.25) is 0 Å². The van der Waals surface area contributed by atoms with Crippen molar-refractivity contribution in [3.63, 3.8) is 0 Å². The zero-order valence-corrected chi connectivity index (χ0v) is 12.2. The molecule has 1 saturated carbocycles. The summed E-state index contributed by atoms with van der Waals surface area (Å²) in [6, 6.07) is 0.472. The van der Waals surface area contributed by atoms with Gasteiger partial charge in [-0.05, 0) is 45.6 Å². The molecule has 0 bridgehead atoms. The van der Waals surface area contributed by atoms with E-state index in [1.54, 1.807) is 0 Å². The highest BCUT2D eigenvalue weighted by Crippen LogP contribution is 2.38. The lowest BCUT2D eigenvalue weighted by molar-refractivity contribution is 0.237. The van der Waals surface area contributed by atoms with Gasteiger partial charge in [-0.1, -0.05) is 19.8 Å². The Labute approximate surface area is 109 Å². The lowest BCUT2D eigenvalue weighted by Crippen LogP contribution is -2.28. The Hall–Kier alpha value is -0.410. The van der Waals surface area contributed by atoms with E-state index in [0.29, 0.717) is 6.04 Å². The quantitative estimate of drug-likeness (QED) is 0.884. The average molecular weight is 252 g/mol. The van der Waals surface area contributed by atoms with Crippen LogP contribution in [0.1, 0.15) is 54.2 Å². The third kappa shape index (κ3) is 2.89. The first-order chi connectivity index (χ1) is 8.11. The summed E-state index contributed by atoms with van der Waals surface area (Å²) in [6.45, 7) is 6.67. The van der Waals surface area contributed by atoms with Gasteiger partial charge in [0.15, 0.2) is 0 Å². The molecule has 3 heteroatoms. The molecule has 1 atom stereocenters. The van der Waals surface area contributed by atoms with E-state index in [-0.39, 0.29) is 0 Å². The number of aryl methyl sites for hydroxylation is 2. The maximum Gasteiger partial charge on any atom is 0.110 e. The molecule has 1 heterocycles. The Bertz CT molecular complexity index is 345. The van der Waals surface area contributed by atoms with Crippen molar-refractivity contribution in [1.82, 2.24) is 10.3 Å². The minimum Gasteiger partial charge on any atom is -0.311 e. The standard InChI is InChI=1S/C14H24N2S/c1-9-5-7-12(8-6-9)13(15-4)14-16-10(2)11(3)17-14/h9,12-13,15H,5-8H2,1-4H3. The van der Waals surface area contributed by atoms with Crippen molar-refractivity contribution in [3.8, 4) is 0 Å². The van der Waals surface area contributed by atoms with Crippen LogP contribution in [0, 0.1) is 25.7 Å². The SMILES string of the molecule is CNC(c1nc(C)c(C)s1)C1CCC(C)CC1. The molecule has 1 N–H and O–H groups in total. The van der Waals surface area contributed by atoms with Gasteiger partial charge < -0.3 is 5.32 Å². The molecule has 0 spiro atoms. The lowest BCUT2D eigenvalue weighted by Gasteiger charge is -2.31. The minimum absolute atomic E-state index is 0.472. The highest BCUT2D eigenvalue weighted by Gasteiger charge is 2.28. The smallest absolute Gasteiger partial charge is 0.110 e. The van der Waals surface area contributed by atoms with Gasteiger partial charge in [0, 0.05) is 4.88 Å². The Kier molecular flexibility index (Phi) is 4.21. The molecule has 0 aromatic carbocycles. The summed E-state index contributed by atoms with van der Waals surface area (Å²) in [7, 11) is 2.08. The van der Waals surface area contributed by atoms with E-state index < -0.39 is 0 Å². The molecular weight excluding hydrogens is 228 g/mol. The molecule has 1 fully saturated rings. The van der Waals surface area contributed by atoms with E-state index in [0.717, 1.165) is 11.8 Å². The Morgan fingerprint density at radius 1 is 1.24 bits per heavy atom. The monoisotopic (exact) mass is 252 g/mol. The molecule has 1 aromatic rings. The van der Waals surface area contributed by atoms with Crippen LogP contribution in [0.25, 0.3) is 0 Å². The van der Waals surface area contributed by atoms with E-state index in [4.69, 9.17) is 4.98 Å². The van der Waals surface area contributed by atoms with Crippen LogP contribution < -0.4 is 5.32 Å². The number of thiazole rings is 1. The third-order valence-electron chi connectivity index (χ3n) is 4.15. The van der Waals surface area contributed by atoms with Gasteiger partial charge in [0.05, 0.1) is 11.7 Å². The fourth-order valence-corrected chi connectivity index (χ4v) is 3.94. The Morgan fingerprint density at radius 2 is 1.88 bits per heavy atom. The van der Waals surface area contributed by atoms with E-state index in [9.17, 15) is 0 Å². The summed E-state index contributed by atoms with van der Waals surface area (Å²) >= 11 is 1.87. The predicted molar refractivity (Wildman–Crippen MR) is 74.5 cm³/mol. The van der Waals surface area contributed by atoms with Crippen molar-refractivity contribution in [2.45, 2.75) is 52.5 Å². The van der Waals surface area contributed by atoms with Crippen molar-refractivity contribution >= 4 is 11.3 Å². The van der Waals surface area contributed by atoms with E-state index in [1.165, 1.54) is 41.3 Å². The first-order valence-corrected chi connectivity index (χ1v) is 7.54. The highest BCUT2D eigenvalue weighted by molar-refractivity contribution is 7.11. The van der Waals surface area contributed by atoms with Gasteiger partial charge in [0.2, 0.25) is 0 Å². The van der Waals surface area contributed by atoms with Crippen LogP contribution in [0.15, 0.2) is 0 Å². The number of hydrogen-bond donors (Lipinski definition) is 1. The molecule has 0 amide bonds. The van der Waals surface area contributed by atoms with Crippen LogP contribution in [-0.4, -0.2) is 12.0 Å². The molecule has 0 aliphatic heterocycles. The molecule has 1 aliphatic rings. The molecule has 17 heavy (non-hydrogen) atoms. The Balaban J connectivity index is 2.10. The predicted octanol–water partition coefficient (Wildman–Crippen LogP) is 3.85. The van der Waals surface area contributed by atoms with Gasteiger partial charge in [-0.25, -0.2) is 4.98 Å². The molecule has 96 valence electrons. The summed E-state index contributed by atoms with van der Waals surface area (Å²) < 4.78 is 0. The molecule has 0 radical (unpaired) electrons. The fourth-order valence-electron chi connectivity index (χ4n) is 2.81. The van der Waals surface area contributed by atoms with Crippen molar-refractivity contribution < 1.29 is 0 Å². The van der Waals surface area contributed by atoms with Gasteiger partial charge in [-0.15, -0.1) is 11.3 Å². The molecule has 2 rings (SSSR count). The molecule has 0 saturated heterocycles. The maximum atomic E-state index is 4.73.